The first-order chi connectivity index (χ1) is 8.22. The molecule has 6 heteroatoms. The third-order valence-electron chi connectivity index (χ3n) is 2.53. The molecule has 0 aliphatic carbocycles. The van der Waals surface area contributed by atoms with Crippen molar-refractivity contribution in [3.63, 3.8) is 0 Å². The van der Waals surface area contributed by atoms with Crippen molar-refractivity contribution in [2.24, 2.45) is 0 Å². The van der Waals surface area contributed by atoms with Crippen LogP contribution in [-0.2, 0) is 6.42 Å². The topological polar surface area (TPSA) is 54.9 Å². The fourth-order valence-corrected chi connectivity index (χ4v) is 2.42. The average molecular weight is 276 g/mol. The fourth-order valence-electron chi connectivity index (χ4n) is 1.54. The highest BCUT2D eigenvalue weighted by atomic mass is 35.5. The maximum absolute atomic E-state index is 12.0. The van der Waals surface area contributed by atoms with Gasteiger partial charge in [0, 0.05) is 11.9 Å². The predicted molar refractivity (Wildman–Crippen MR) is 70.8 cm³/mol. The lowest BCUT2D eigenvalue weighted by atomic mass is 10.1. The Bertz CT molecular complexity index is 356. The molecule has 1 unspecified atom stereocenters. The summed E-state index contributed by atoms with van der Waals surface area (Å²) in [7, 11) is 0. The molecule has 1 aromatic rings. The summed E-state index contributed by atoms with van der Waals surface area (Å²) in [6.45, 7) is 4.10. The number of nitrogens with zero attached hydrogens (tertiary/aromatic N) is 2. The Labute approximate surface area is 111 Å². The van der Waals surface area contributed by atoms with Crippen LogP contribution in [0.2, 0.25) is 0 Å². The Morgan fingerprint density at radius 2 is 2.29 bits per heavy atom. The number of carbonyl (C=O) groups excluding carboxylic acids is 1. The van der Waals surface area contributed by atoms with Crippen LogP contribution in [0.1, 0.15) is 48.5 Å². The molecule has 1 rings (SSSR count). The molecule has 1 heterocycles. The summed E-state index contributed by atoms with van der Waals surface area (Å²) in [4.78, 5) is 12.7. The maximum Gasteiger partial charge on any atom is 0.265 e. The van der Waals surface area contributed by atoms with Crippen LogP contribution in [0.3, 0.4) is 0 Å². The SMILES string of the molecule is CCCc1nnsc1C(=O)NC(CC)CCCl. The molecule has 0 aliphatic rings. The van der Waals surface area contributed by atoms with Gasteiger partial charge in [-0.1, -0.05) is 24.8 Å². The molecule has 1 amide bonds. The second kappa shape index (κ2) is 7.61. The second-order valence-corrected chi connectivity index (χ2v) is 4.99. The van der Waals surface area contributed by atoms with E-state index in [1.54, 1.807) is 0 Å². The Balaban J connectivity index is 2.64. The van der Waals surface area contributed by atoms with Crippen molar-refractivity contribution < 1.29 is 4.79 Å². The molecule has 96 valence electrons. The summed E-state index contributed by atoms with van der Waals surface area (Å²) in [5.41, 5.74) is 0.802. The Morgan fingerprint density at radius 1 is 1.53 bits per heavy atom. The molecule has 1 atom stereocenters. The Morgan fingerprint density at radius 3 is 2.88 bits per heavy atom. The van der Waals surface area contributed by atoms with E-state index in [9.17, 15) is 4.79 Å². The van der Waals surface area contributed by atoms with E-state index in [2.05, 4.69) is 21.8 Å². The summed E-state index contributed by atoms with van der Waals surface area (Å²) >= 11 is 6.85. The summed E-state index contributed by atoms with van der Waals surface area (Å²) in [6.07, 6.45) is 3.43. The van der Waals surface area contributed by atoms with E-state index in [4.69, 9.17) is 11.6 Å². The van der Waals surface area contributed by atoms with Gasteiger partial charge in [-0.3, -0.25) is 4.79 Å². The zero-order chi connectivity index (χ0) is 12.7. The van der Waals surface area contributed by atoms with E-state index in [0.29, 0.717) is 10.8 Å². The number of rotatable bonds is 7. The molecule has 0 saturated carbocycles. The van der Waals surface area contributed by atoms with Crippen LogP contribution in [0.4, 0.5) is 0 Å². The molecular weight excluding hydrogens is 258 g/mol. The van der Waals surface area contributed by atoms with Gasteiger partial charge in [0.2, 0.25) is 0 Å². The van der Waals surface area contributed by atoms with Gasteiger partial charge in [-0.05, 0) is 30.8 Å². The van der Waals surface area contributed by atoms with Gasteiger partial charge < -0.3 is 5.32 Å². The number of nitrogens with one attached hydrogen (secondary N) is 1. The van der Waals surface area contributed by atoms with Crippen LogP contribution in [0.5, 0.6) is 0 Å². The molecule has 0 aliphatic heterocycles. The number of hydrogen-bond acceptors (Lipinski definition) is 4. The van der Waals surface area contributed by atoms with Crippen LogP contribution in [-0.4, -0.2) is 27.4 Å². The predicted octanol–water partition coefficient (Wildman–Crippen LogP) is 2.63. The van der Waals surface area contributed by atoms with E-state index in [-0.39, 0.29) is 11.9 Å². The minimum Gasteiger partial charge on any atom is -0.348 e. The number of aromatic nitrogens is 2. The van der Waals surface area contributed by atoms with Crippen molar-refractivity contribution in [1.82, 2.24) is 14.9 Å². The number of halogens is 1. The van der Waals surface area contributed by atoms with Gasteiger partial charge >= 0.3 is 0 Å². The third-order valence-corrected chi connectivity index (χ3v) is 3.52. The minimum atomic E-state index is -0.0691. The van der Waals surface area contributed by atoms with Gasteiger partial charge in [-0.2, -0.15) is 0 Å². The molecule has 0 saturated heterocycles. The Kier molecular flexibility index (Phi) is 6.44. The molecule has 0 radical (unpaired) electrons. The lowest BCUT2D eigenvalue weighted by Gasteiger charge is -2.14. The van der Waals surface area contributed by atoms with Gasteiger partial charge in [0.15, 0.2) is 0 Å². The standard InChI is InChI=1S/C11H18ClN3OS/c1-3-5-9-10(17-15-14-9)11(16)13-8(4-2)6-7-12/h8H,3-7H2,1-2H3,(H,13,16). The highest BCUT2D eigenvalue weighted by Crippen LogP contribution is 2.13. The van der Waals surface area contributed by atoms with E-state index in [0.717, 1.165) is 42.9 Å². The number of carbonyl (C=O) groups is 1. The summed E-state index contributed by atoms with van der Waals surface area (Å²) in [5, 5.41) is 6.96. The summed E-state index contributed by atoms with van der Waals surface area (Å²) in [6, 6.07) is 0.136. The van der Waals surface area contributed by atoms with Crippen LogP contribution in [0.25, 0.3) is 0 Å². The normalized spacial score (nSPS) is 12.4. The van der Waals surface area contributed by atoms with Crippen LogP contribution in [0, 0.1) is 0 Å². The molecule has 1 N–H and O–H groups in total. The molecule has 0 spiro atoms. The first kappa shape index (κ1) is 14.4. The molecule has 4 nitrogen and oxygen atoms in total. The zero-order valence-electron chi connectivity index (χ0n) is 10.2. The van der Waals surface area contributed by atoms with Crippen LogP contribution in [0.15, 0.2) is 0 Å². The van der Waals surface area contributed by atoms with Crippen molar-refractivity contribution >= 4 is 29.0 Å². The molecule has 0 fully saturated rings. The van der Waals surface area contributed by atoms with E-state index in [1.165, 1.54) is 0 Å². The molecule has 0 aromatic carbocycles. The van der Waals surface area contributed by atoms with Gasteiger partial charge in [-0.25, -0.2) is 0 Å². The fraction of sp³-hybridized carbons (Fsp3) is 0.727. The van der Waals surface area contributed by atoms with Crippen molar-refractivity contribution in [3.05, 3.63) is 10.6 Å². The largest absolute Gasteiger partial charge is 0.348 e. The molecule has 0 bridgehead atoms. The number of hydrogen-bond donors (Lipinski definition) is 1. The maximum atomic E-state index is 12.0. The van der Waals surface area contributed by atoms with Gasteiger partial charge in [-0.15, -0.1) is 16.7 Å². The van der Waals surface area contributed by atoms with Crippen LogP contribution < -0.4 is 5.32 Å². The van der Waals surface area contributed by atoms with E-state index >= 15 is 0 Å². The minimum absolute atomic E-state index is 0.0691. The highest BCUT2D eigenvalue weighted by molar-refractivity contribution is 7.08. The average Bonchev–Trinajstić information content (AvgIpc) is 2.77. The molecule has 1 aromatic heterocycles. The smallest absolute Gasteiger partial charge is 0.265 e. The van der Waals surface area contributed by atoms with Crippen molar-refractivity contribution in [2.75, 3.05) is 5.88 Å². The van der Waals surface area contributed by atoms with Crippen molar-refractivity contribution in [1.29, 1.82) is 0 Å². The number of alkyl halides is 1. The highest BCUT2D eigenvalue weighted by Gasteiger charge is 2.18. The van der Waals surface area contributed by atoms with E-state index < -0.39 is 0 Å². The molecular formula is C11H18ClN3OS. The Hall–Kier alpha value is -0.680. The van der Waals surface area contributed by atoms with Gasteiger partial charge in [0.25, 0.3) is 5.91 Å². The van der Waals surface area contributed by atoms with Crippen molar-refractivity contribution in [3.8, 4) is 0 Å². The third kappa shape index (κ3) is 4.24. The lowest BCUT2D eigenvalue weighted by molar-refractivity contribution is 0.0938. The van der Waals surface area contributed by atoms with Gasteiger partial charge in [0.1, 0.15) is 4.88 Å². The first-order valence-corrected chi connectivity index (χ1v) is 7.21. The monoisotopic (exact) mass is 275 g/mol. The summed E-state index contributed by atoms with van der Waals surface area (Å²) in [5.74, 6) is 0.488. The quantitative estimate of drug-likeness (QED) is 0.779. The number of aryl methyl sites for hydroxylation is 1. The lowest BCUT2D eigenvalue weighted by Crippen LogP contribution is -2.34. The zero-order valence-corrected chi connectivity index (χ0v) is 11.8. The van der Waals surface area contributed by atoms with E-state index in [1.807, 2.05) is 6.92 Å². The number of amides is 1. The summed E-state index contributed by atoms with van der Waals surface area (Å²) < 4.78 is 3.85. The molecule has 17 heavy (non-hydrogen) atoms. The van der Waals surface area contributed by atoms with Crippen molar-refractivity contribution in [2.45, 2.75) is 45.6 Å². The second-order valence-electron chi connectivity index (χ2n) is 3.86. The first-order valence-electron chi connectivity index (χ1n) is 5.90. The van der Waals surface area contributed by atoms with Crippen LogP contribution >= 0.6 is 23.1 Å². The van der Waals surface area contributed by atoms with Gasteiger partial charge in [0.05, 0.1) is 5.69 Å².